The van der Waals surface area contributed by atoms with E-state index in [0.717, 1.165) is 28.7 Å². The minimum atomic E-state index is -4.39. The van der Waals surface area contributed by atoms with Crippen molar-refractivity contribution in [3.8, 4) is 11.3 Å². The maximum atomic E-state index is 12.8. The number of hydrogen-bond donors (Lipinski definition) is 1. The Morgan fingerprint density at radius 3 is 2.43 bits per heavy atom. The molecule has 0 spiro atoms. The van der Waals surface area contributed by atoms with Crippen molar-refractivity contribution in [1.82, 2.24) is 14.5 Å². The van der Waals surface area contributed by atoms with Crippen molar-refractivity contribution in [3.63, 3.8) is 0 Å². The third-order valence-electron chi connectivity index (χ3n) is 4.89. The first kappa shape index (κ1) is 19.6. The second-order valence-corrected chi connectivity index (χ2v) is 6.92. The fraction of sp³-hybridized carbons (Fsp3) is 0.136. The highest BCUT2D eigenvalue weighted by Gasteiger charge is 2.30. The number of alkyl halides is 3. The number of halogens is 3. The van der Waals surface area contributed by atoms with Gasteiger partial charge in [0.15, 0.2) is 0 Å². The molecule has 0 aliphatic carbocycles. The van der Waals surface area contributed by atoms with Gasteiger partial charge in [-0.25, -0.2) is 9.97 Å². The van der Waals surface area contributed by atoms with Crippen molar-refractivity contribution < 1.29 is 13.2 Å². The molecule has 5 nitrogen and oxygen atoms in total. The Labute approximate surface area is 169 Å². The van der Waals surface area contributed by atoms with Crippen molar-refractivity contribution in [2.45, 2.75) is 13.1 Å². The molecule has 0 fully saturated rings. The van der Waals surface area contributed by atoms with E-state index in [4.69, 9.17) is 0 Å². The van der Waals surface area contributed by atoms with Crippen molar-refractivity contribution >= 4 is 22.4 Å². The van der Waals surface area contributed by atoms with E-state index in [1.54, 1.807) is 24.6 Å². The molecular formula is C22H17F3N4O. The second kappa shape index (κ2) is 7.29. The number of benzene rings is 2. The summed E-state index contributed by atoms with van der Waals surface area (Å²) in [6.45, 7) is 1.76. The van der Waals surface area contributed by atoms with Crippen molar-refractivity contribution in [2.75, 3.05) is 5.32 Å². The lowest BCUT2D eigenvalue weighted by molar-refractivity contribution is -0.137. The van der Waals surface area contributed by atoms with Gasteiger partial charge in [-0.15, -0.1) is 0 Å². The Bertz CT molecular complexity index is 1290. The highest BCUT2D eigenvalue weighted by Crippen LogP contribution is 2.31. The maximum Gasteiger partial charge on any atom is 0.416 e. The van der Waals surface area contributed by atoms with E-state index in [-0.39, 0.29) is 5.56 Å². The van der Waals surface area contributed by atoms with Crippen LogP contribution in [0.4, 0.5) is 24.7 Å². The van der Waals surface area contributed by atoms with Crippen LogP contribution in [-0.4, -0.2) is 14.5 Å². The minimum Gasteiger partial charge on any atom is -0.340 e. The van der Waals surface area contributed by atoms with E-state index in [2.05, 4.69) is 15.3 Å². The zero-order chi connectivity index (χ0) is 21.5. The van der Waals surface area contributed by atoms with Gasteiger partial charge in [0.1, 0.15) is 12.1 Å². The molecule has 0 saturated carbocycles. The van der Waals surface area contributed by atoms with Crippen molar-refractivity contribution in [1.29, 1.82) is 0 Å². The normalized spacial score (nSPS) is 11.6. The summed E-state index contributed by atoms with van der Waals surface area (Å²) in [5, 5.41) is 4.07. The number of nitrogens with one attached hydrogen (secondary N) is 1. The van der Waals surface area contributed by atoms with Gasteiger partial charge in [-0.3, -0.25) is 4.79 Å². The van der Waals surface area contributed by atoms with Gasteiger partial charge in [0.25, 0.3) is 5.56 Å². The first-order valence-electron chi connectivity index (χ1n) is 9.10. The van der Waals surface area contributed by atoms with Crippen LogP contribution >= 0.6 is 0 Å². The number of aryl methyl sites for hydroxylation is 2. The quantitative estimate of drug-likeness (QED) is 0.513. The Hall–Kier alpha value is -3.68. The first-order valence-corrected chi connectivity index (χ1v) is 9.10. The lowest BCUT2D eigenvalue weighted by atomic mass is 10.1. The number of pyridine rings is 1. The SMILES string of the molecule is Cc1cc2c(Nc3cc(-c4ccc(C(F)(F)F)cc4)ncn3)cccc2n(C)c1=O. The van der Waals surface area contributed by atoms with Crippen molar-refractivity contribution in [3.05, 3.63) is 82.4 Å². The number of anilines is 2. The lowest BCUT2D eigenvalue weighted by Gasteiger charge is -2.13. The van der Waals surface area contributed by atoms with E-state index >= 15 is 0 Å². The standard InChI is InChI=1S/C22H17F3N4O/c1-13-10-16-17(4-3-5-19(16)29(2)21(13)30)28-20-11-18(26-12-27-20)14-6-8-15(9-7-14)22(23,24)25/h3-12H,1-2H3,(H,26,27,28). The summed E-state index contributed by atoms with van der Waals surface area (Å²) < 4.78 is 39.9. The second-order valence-electron chi connectivity index (χ2n) is 6.92. The van der Waals surface area contributed by atoms with Gasteiger partial charge in [0, 0.05) is 35.3 Å². The number of hydrogen-bond acceptors (Lipinski definition) is 4. The summed E-state index contributed by atoms with van der Waals surface area (Å²) in [7, 11) is 1.72. The molecule has 2 heterocycles. The zero-order valence-electron chi connectivity index (χ0n) is 16.2. The number of rotatable bonds is 3. The number of fused-ring (bicyclic) bond motifs is 1. The monoisotopic (exact) mass is 410 g/mol. The summed E-state index contributed by atoms with van der Waals surface area (Å²) in [4.78, 5) is 20.6. The van der Waals surface area contributed by atoms with E-state index < -0.39 is 11.7 Å². The molecule has 152 valence electrons. The van der Waals surface area contributed by atoms with Gasteiger partial charge < -0.3 is 9.88 Å². The molecule has 0 aliphatic rings. The fourth-order valence-electron chi connectivity index (χ4n) is 3.31. The van der Waals surface area contributed by atoms with Gasteiger partial charge >= 0.3 is 6.18 Å². The highest BCUT2D eigenvalue weighted by atomic mass is 19.4. The van der Waals surface area contributed by atoms with E-state index in [1.807, 2.05) is 24.3 Å². The smallest absolute Gasteiger partial charge is 0.340 e. The van der Waals surface area contributed by atoms with Crippen LogP contribution < -0.4 is 10.9 Å². The van der Waals surface area contributed by atoms with Crippen LogP contribution in [0.5, 0.6) is 0 Å². The van der Waals surface area contributed by atoms with E-state index in [1.165, 1.54) is 18.5 Å². The van der Waals surface area contributed by atoms with E-state index in [0.29, 0.717) is 22.6 Å². The fourth-order valence-corrected chi connectivity index (χ4v) is 3.31. The van der Waals surface area contributed by atoms with Gasteiger partial charge in [-0.05, 0) is 37.3 Å². The van der Waals surface area contributed by atoms with Crippen LogP contribution in [0.25, 0.3) is 22.2 Å². The van der Waals surface area contributed by atoms with Crippen LogP contribution in [0, 0.1) is 6.92 Å². The Balaban J connectivity index is 1.70. The van der Waals surface area contributed by atoms with Crippen LogP contribution in [0.2, 0.25) is 0 Å². The molecule has 30 heavy (non-hydrogen) atoms. The molecular weight excluding hydrogens is 393 g/mol. The van der Waals surface area contributed by atoms with E-state index in [9.17, 15) is 18.0 Å². The molecule has 8 heteroatoms. The summed E-state index contributed by atoms with van der Waals surface area (Å²) in [6.07, 6.45) is -3.04. The molecule has 0 atom stereocenters. The lowest BCUT2D eigenvalue weighted by Crippen LogP contribution is -2.19. The van der Waals surface area contributed by atoms with Crippen LogP contribution in [0.15, 0.2) is 65.7 Å². The molecule has 0 radical (unpaired) electrons. The molecule has 0 aliphatic heterocycles. The van der Waals surface area contributed by atoms with Crippen LogP contribution in [0.3, 0.4) is 0 Å². The van der Waals surface area contributed by atoms with Gasteiger partial charge in [-0.1, -0.05) is 18.2 Å². The average Bonchev–Trinajstić information content (AvgIpc) is 2.72. The van der Waals surface area contributed by atoms with Gasteiger partial charge in [0.05, 0.1) is 16.8 Å². The summed E-state index contributed by atoms with van der Waals surface area (Å²) in [5.41, 5.74) is 2.40. The third kappa shape index (κ3) is 3.63. The molecule has 4 rings (SSSR count). The molecule has 2 aromatic heterocycles. The predicted molar refractivity (Wildman–Crippen MR) is 110 cm³/mol. The summed E-state index contributed by atoms with van der Waals surface area (Å²) >= 11 is 0. The molecule has 0 saturated heterocycles. The first-order chi connectivity index (χ1) is 14.2. The highest BCUT2D eigenvalue weighted by molar-refractivity contribution is 5.93. The van der Waals surface area contributed by atoms with Gasteiger partial charge in [0.2, 0.25) is 0 Å². The Morgan fingerprint density at radius 2 is 1.73 bits per heavy atom. The summed E-state index contributed by atoms with van der Waals surface area (Å²) in [5.74, 6) is 0.485. The average molecular weight is 410 g/mol. The predicted octanol–water partition coefficient (Wildman–Crippen LogP) is 5.07. The number of aromatic nitrogens is 3. The van der Waals surface area contributed by atoms with Crippen LogP contribution in [0.1, 0.15) is 11.1 Å². The molecule has 0 bridgehead atoms. The molecule has 4 aromatic rings. The zero-order valence-corrected chi connectivity index (χ0v) is 16.2. The molecule has 0 amide bonds. The van der Waals surface area contributed by atoms with Crippen LogP contribution in [-0.2, 0) is 13.2 Å². The maximum absolute atomic E-state index is 12.8. The van der Waals surface area contributed by atoms with Gasteiger partial charge in [-0.2, -0.15) is 13.2 Å². The minimum absolute atomic E-state index is 0.0636. The molecule has 0 unspecified atom stereocenters. The molecule has 1 N–H and O–H groups in total. The third-order valence-corrected chi connectivity index (χ3v) is 4.89. The summed E-state index contributed by atoms with van der Waals surface area (Å²) in [6, 6.07) is 13.8. The Kier molecular flexibility index (Phi) is 4.77. The Morgan fingerprint density at radius 1 is 1.00 bits per heavy atom. The topological polar surface area (TPSA) is 59.8 Å². The van der Waals surface area contributed by atoms with Crippen molar-refractivity contribution in [2.24, 2.45) is 7.05 Å². The number of nitrogens with zero attached hydrogens (tertiary/aromatic N) is 3. The molecule has 2 aromatic carbocycles. The largest absolute Gasteiger partial charge is 0.416 e.